The Bertz CT molecular complexity index is 1030. The molecule has 1 heterocycles. The van der Waals surface area contributed by atoms with Crippen molar-refractivity contribution in [2.75, 3.05) is 18.9 Å². The molecule has 6 nitrogen and oxygen atoms in total. The Morgan fingerprint density at radius 2 is 1.72 bits per heavy atom. The van der Waals surface area contributed by atoms with Gasteiger partial charge in [0.15, 0.2) is 0 Å². The van der Waals surface area contributed by atoms with Crippen LogP contribution >= 0.6 is 0 Å². The van der Waals surface area contributed by atoms with Crippen LogP contribution in [0.2, 0.25) is 0 Å². The van der Waals surface area contributed by atoms with Gasteiger partial charge in [0.1, 0.15) is 11.5 Å². The maximum absolute atomic E-state index is 13.2. The minimum absolute atomic E-state index is 0.111. The second kappa shape index (κ2) is 8.26. The predicted octanol–water partition coefficient (Wildman–Crippen LogP) is 3.65. The van der Waals surface area contributed by atoms with Crippen LogP contribution in [0, 0.1) is 26.6 Å². The van der Waals surface area contributed by atoms with E-state index >= 15 is 0 Å². The molecule has 0 radical (unpaired) electrons. The zero-order chi connectivity index (χ0) is 21.1. The van der Waals surface area contributed by atoms with Gasteiger partial charge < -0.3 is 10.2 Å². The first-order valence-electron chi connectivity index (χ1n) is 9.17. The number of carbonyl (C=O) groups is 2. The van der Waals surface area contributed by atoms with Gasteiger partial charge in [-0.15, -0.1) is 0 Å². The quantitative estimate of drug-likeness (QED) is 0.718. The second-order valence-corrected chi connectivity index (χ2v) is 7.11. The van der Waals surface area contributed by atoms with Gasteiger partial charge >= 0.3 is 0 Å². The van der Waals surface area contributed by atoms with E-state index in [1.165, 1.54) is 29.6 Å². The van der Waals surface area contributed by atoms with E-state index in [2.05, 4.69) is 10.3 Å². The van der Waals surface area contributed by atoms with E-state index in [-0.39, 0.29) is 29.9 Å². The lowest BCUT2D eigenvalue weighted by atomic mass is 10.1. The van der Waals surface area contributed by atoms with Crippen LogP contribution in [0.25, 0.3) is 5.69 Å². The van der Waals surface area contributed by atoms with Crippen LogP contribution in [0.3, 0.4) is 0 Å². The number of hydrogen-bond acceptors (Lipinski definition) is 3. The number of rotatable bonds is 5. The summed E-state index contributed by atoms with van der Waals surface area (Å²) in [6, 6.07) is 9.74. The number of aromatic nitrogens is 2. The molecule has 0 aliphatic rings. The van der Waals surface area contributed by atoms with Gasteiger partial charge in [-0.25, -0.2) is 9.37 Å². The number of likely N-dealkylation sites (N-methyl/N-ethyl adjacent to an activating group) is 1. The third-order valence-electron chi connectivity index (χ3n) is 4.63. The van der Waals surface area contributed by atoms with Crippen molar-refractivity contribution >= 4 is 17.5 Å². The molecule has 3 rings (SSSR count). The highest BCUT2D eigenvalue weighted by Crippen LogP contribution is 2.22. The molecule has 0 fully saturated rings. The fourth-order valence-electron chi connectivity index (χ4n) is 3.30. The lowest BCUT2D eigenvalue weighted by Crippen LogP contribution is -2.36. The van der Waals surface area contributed by atoms with Crippen molar-refractivity contribution in [2.45, 2.75) is 20.8 Å². The Labute approximate surface area is 169 Å². The minimum atomic E-state index is -0.364. The standard InChI is InChI=1S/C22H23FN4O2/c1-14-9-15(2)21(16(3)10-14)25-20(28)12-26(4)22(29)19-11-24-13-27(19)18-7-5-17(23)6-8-18/h5-11,13H,12H2,1-4H3,(H,25,28). The molecule has 0 atom stereocenters. The minimum Gasteiger partial charge on any atom is -0.331 e. The molecule has 0 aliphatic heterocycles. The van der Waals surface area contributed by atoms with Gasteiger partial charge in [-0.05, 0) is 56.2 Å². The Morgan fingerprint density at radius 1 is 1.10 bits per heavy atom. The molecule has 0 aliphatic carbocycles. The number of amides is 2. The molecule has 150 valence electrons. The van der Waals surface area contributed by atoms with Gasteiger partial charge in [0.25, 0.3) is 5.91 Å². The highest BCUT2D eigenvalue weighted by molar-refractivity contribution is 5.99. The second-order valence-electron chi connectivity index (χ2n) is 7.11. The molecule has 7 heteroatoms. The summed E-state index contributed by atoms with van der Waals surface area (Å²) in [7, 11) is 1.55. The lowest BCUT2D eigenvalue weighted by Gasteiger charge is -2.19. The average Bonchev–Trinajstić information content (AvgIpc) is 3.14. The zero-order valence-electron chi connectivity index (χ0n) is 16.9. The fraction of sp³-hybridized carbons (Fsp3) is 0.227. The number of aryl methyl sites for hydroxylation is 3. The molecule has 0 unspecified atom stereocenters. The number of anilines is 1. The molecular weight excluding hydrogens is 371 g/mol. The molecule has 2 amide bonds. The largest absolute Gasteiger partial charge is 0.331 e. The molecule has 3 aromatic rings. The average molecular weight is 394 g/mol. The highest BCUT2D eigenvalue weighted by Gasteiger charge is 2.20. The van der Waals surface area contributed by atoms with E-state index in [1.54, 1.807) is 23.7 Å². The molecule has 1 N–H and O–H groups in total. The first-order valence-corrected chi connectivity index (χ1v) is 9.17. The fourth-order valence-corrected chi connectivity index (χ4v) is 3.30. The van der Waals surface area contributed by atoms with E-state index in [0.29, 0.717) is 5.69 Å². The van der Waals surface area contributed by atoms with Crippen LogP contribution in [-0.4, -0.2) is 39.9 Å². The van der Waals surface area contributed by atoms with E-state index in [9.17, 15) is 14.0 Å². The zero-order valence-corrected chi connectivity index (χ0v) is 16.9. The van der Waals surface area contributed by atoms with Gasteiger partial charge in [-0.1, -0.05) is 17.7 Å². The summed E-state index contributed by atoms with van der Waals surface area (Å²) >= 11 is 0. The Morgan fingerprint density at radius 3 is 2.34 bits per heavy atom. The molecule has 0 spiro atoms. The predicted molar refractivity (Wildman–Crippen MR) is 110 cm³/mol. The lowest BCUT2D eigenvalue weighted by molar-refractivity contribution is -0.116. The molecule has 0 saturated carbocycles. The third-order valence-corrected chi connectivity index (χ3v) is 4.63. The summed E-state index contributed by atoms with van der Waals surface area (Å²) in [6.45, 7) is 5.76. The molecular formula is C22H23FN4O2. The number of carbonyl (C=O) groups excluding carboxylic acids is 2. The number of benzene rings is 2. The Hall–Kier alpha value is -3.48. The summed E-state index contributed by atoms with van der Waals surface area (Å²) in [4.78, 5) is 30.7. The van der Waals surface area contributed by atoms with Crippen LogP contribution in [-0.2, 0) is 4.79 Å². The molecule has 0 bridgehead atoms. The third kappa shape index (κ3) is 4.51. The van der Waals surface area contributed by atoms with Crippen LogP contribution < -0.4 is 5.32 Å². The van der Waals surface area contributed by atoms with Gasteiger partial charge in [-0.3, -0.25) is 14.2 Å². The van der Waals surface area contributed by atoms with Crippen molar-refractivity contribution < 1.29 is 14.0 Å². The topological polar surface area (TPSA) is 67.2 Å². The SMILES string of the molecule is Cc1cc(C)c(NC(=O)CN(C)C(=O)c2cncn2-c2ccc(F)cc2)c(C)c1. The maximum atomic E-state index is 13.2. The summed E-state index contributed by atoms with van der Waals surface area (Å²) < 4.78 is 14.7. The summed E-state index contributed by atoms with van der Waals surface area (Å²) in [6.07, 6.45) is 2.90. The van der Waals surface area contributed by atoms with E-state index in [0.717, 1.165) is 22.4 Å². The number of imidazole rings is 1. The van der Waals surface area contributed by atoms with E-state index in [4.69, 9.17) is 0 Å². The van der Waals surface area contributed by atoms with E-state index < -0.39 is 0 Å². The van der Waals surface area contributed by atoms with Crippen LogP contribution in [0.15, 0.2) is 48.9 Å². The smallest absolute Gasteiger partial charge is 0.272 e. The normalized spacial score (nSPS) is 10.7. The Kier molecular flexibility index (Phi) is 5.77. The first-order chi connectivity index (χ1) is 13.8. The summed E-state index contributed by atoms with van der Waals surface area (Å²) in [5.74, 6) is -1.01. The van der Waals surface area contributed by atoms with Crippen molar-refractivity contribution in [3.05, 3.63) is 77.1 Å². The number of halogens is 1. The highest BCUT2D eigenvalue weighted by atomic mass is 19.1. The maximum Gasteiger partial charge on any atom is 0.272 e. The van der Waals surface area contributed by atoms with Gasteiger partial charge in [0.2, 0.25) is 5.91 Å². The number of hydrogen-bond donors (Lipinski definition) is 1. The summed E-state index contributed by atoms with van der Waals surface area (Å²) in [5.41, 5.74) is 4.72. The van der Waals surface area contributed by atoms with Crippen molar-refractivity contribution in [3.63, 3.8) is 0 Å². The van der Waals surface area contributed by atoms with Gasteiger partial charge in [-0.2, -0.15) is 0 Å². The summed E-state index contributed by atoms with van der Waals surface area (Å²) in [5, 5.41) is 2.89. The van der Waals surface area contributed by atoms with Crippen molar-refractivity contribution in [1.82, 2.24) is 14.5 Å². The molecule has 29 heavy (non-hydrogen) atoms. The monoisotopic (exact) mass is 394 g/mol. The van der Waals surface area contributed by atoms with Crippen molar-refractivity contribution in [1.29, 1.82) is 0 Å². The van der Waals surface area contributed by atoms with Crippen LogP contribution in [0.5, 0.6) is 0 Å². The van der Waals surface area contributed by atoms with Crippen molar-refractivity contribution in [2.24, 2.45) is 0 Å². The number of nitrogens with one attached hydrogen (secondary N) is 1. The van der Waals surface area contributed by atoms with Crippen LogP contribution in [0.1, 0.15) is 27.2 Å². The molecule has 2 aromatic carbocycles. The van der Waals surface area contributed by atoms with Crippen molar-refractivity contribution in [3.8, 4) is 5.69 Å². The van der Waals surface area contributed by atoms with Gasteiger partial charge in [0.05, 0.1) is 19.1 Å². The number of nitrogens with zero attached hydrogens (tertiary/aromatic N) is 3. The molecule has 1 aromatic heterocycles. The Balaban J connectivity index is 1.73. The van der Waals surface area contributed by atoms with Gasteiger partial charge in [0, 0.05) is 18.4 Å². The first kappa shape index (κ1) is 20.3. The van der Waals surface area contributed by atoms with E-state index in [1.807, 2.05) is 32.9 Å². The molecule has 0 saturated heterocycles. The van der Waals surface area contributed by atoms with Crippen LogP contribution in [0.4, 0.5) is 10.1 Å².